The Bertz CT molecular complexity index is 1210. The van der Waals surface area contributed by atoms with Crippen LogP contribution in [0.5, 0.6) is 5.75 Å². The van der Waals surface area contributed by atoms with Crippen LogP contribution in [0.4, 0.5) is 17.5 Å². The Morgan fingerprint density at radius 3 is 2.54 bits per heavy atom. The van der Waals surface area contributed by atoms with Gasteiger partial charge in [-0.1, -0.05) is 36.4 Å². The molecular weight excluding hydrogens is 458 g/mol. The van der Waals surface area contributed by atoms with E-state index in [0.29, 0.717) is 23.9 Å². The maximum Gasteiger partial charge on any atom is 0.247 e. The van der Waals surface area contributed by atoms with Crippen LogP contribution in [0.1, 0.15) is 16.1 Å². The Balaban J connectivity index is 1.48. The average molecular weight is 488 g/mol. The number of rotatable bonds is 11. The topological polar surface area (TPSA) is 88.2 Å². The first-order valence-corrected chi connectivity index (χ1v) is 12.3. The minimum absolute atomic E-state index is 0.150. The number of nitrogens with zero attached hydrogens (tertiary/aromatic N) is 2. The molecule has 4 aromatic rings. The summed E-state index contributed by atoms with van der Waals surface area (Å²) in [7, 11) is 1.61. The summed E-state index contributed by atoms with van der Waals surface area (Å²) in [5.74, 6) is 1.72. The highest BCUT2D eigenvalue weighted by Crippen LogP contribution is 2.18. The molecule has 0 saturated carbocycles. The van der Waals surface area contributed by atoms with Crippen molar-refractivity contribution in [2.75, 3.05) is 29.6 Å². The van der Waals surface area contributed by atoms with Crippen LogP contribution in [0, 0.1) is 6.92 Å². The van der Waals surface area contributed by atoms with Crippen LogP contribution in [0.2, 0.25) is 0 Å². The van der Waals surface area contributed by atoms with Gasteiger partial charge in [-0.25, -0.2) is 4.98 Å². The first-order valence-electron chi connectivity index (χ1n) is 11.5. The Morgan fingerprint density at radius 1 is 1.03 bits per heavy atom. The number of carbonyl (C=O) groups is 1. The Morgan fingerprint density at radius 2 is 1.83 bits per heavy atom. The fraction of sp³-hybridized carbons (Fsp3) is 0.222. The predicted octanol–water partition coefficient (Wildman–Crippen LogP) is 5.17. The van der Waals surface area contributed by atoms with Crippen molar-refractivity contribution in [1.82, 2.24) is 9.97 Å². The van der Waals surface area contributed by atoms with E-state index in [4.69, 9.17) is 4.74 Å². The van der Waals surface area contributed by atoms with Gasteiger partial charge in [-0.05, 0) is 54.6 Å². The summed E-state index contributed by atoms with van der Waals surface area (Å²) in [6, 6.07) is 22.7. The summed E-state index contributed by atoms with van der Waals surface area (Å²) in [6.07, 6.45) is 1.41. The lowest BCUT2D eigenvalue weighted by molar-refractivity contribution is -0.116. The lowest BCUT2D eigenvalue weighted by Gasteiger charge is -2.20. The molecule has 0 aliphatic rings. The van der Waals surface area contributed by atoms with Gasteiger partial charge >= 0.3 is 0 Å². The minimum Gasteiger partial charge on any atom is -0.497 e. The highest BCUT2D eigenvalue weighted by molar-refractivity contribution is 7.09. The molecule has 35 heavy (non-hydrogen) atoms. The van der Waals surface area contributed by atoms with Crippen molar-refractivity contribution < 1.29 is 9.53 Å². The minimum atomic E-state index is -0.534. The average Bonchev–Trinajstić information content (AvgIpc) is 3.38. The number of methoxy groups -OCH3 is 1. The number of aryl methyl sites for hydroxylation is 1. The van der Waals surface area contributed by atoms with E-state index in [1.807, 2.05) is 67.6 Å². The van der Waals surface area contributed by atoms with Crippen molar-refractivity contribution in [3.8, 4) is 5.75 Å². The van der Waals surface area contributed by atoms with Gasteiger partial charge in [0.15, 0.2) is 0 Å². The Kier molecular flexibility index (Phi) is 8.30. The second-order valence-corrected chi connectivity index (χ2v) is 9.11. The second kappa shape index (κ2) is 12.0. The third-order valence-corrected chi connectivity index (χ3v) is 6.30. The van der Waals surface area contributed by atoms with Crippen molar-refractivity contribution in [2.45, 2.75) is 25.8 Å². The normalized spacial score (nSPS) is 11.5. The van der Waals surface area contributed by atoms with Crippen molar-refractivity contribution in [2.24, 2.45) is 0 Å². The van der Waals surface area contributed by atoms with Crippen LogP contribution in [-0.4, -0.2) is 35.6 Å². The quantitative estimate of drug-likeness (QED) is 0.270. The standard InChI is InChI=1S/C27H29N5O2S/c1-19-17-25(32-27(29-19)28-15-14-23-9-6-16-35-23)31-24(18-20-7-4-3-5-8-20)26(33)30-21-10-12-22(34-2)13-11-21/h3-13,16-17,24H,14-15,18H2,1-2H3,(H,30,33)(H2,28,29,31,32)/t24-/m0/s1. The van der Waals surface area contributed by atoms with Gasteiger partial charge in [0.05, 0.1) is 7.11 Å². The van der Waals surface area contributed by atoms with Crippen LogP contribution in [-0.2, 0) is 17.6 Å². The number of ether oxygens (including phenoxy) is 1. The Hall–Kier alpha value is -3.91. The maximum absolute atomic E-state index is 13.3. The molecule has 180 valence electrons. The van der Waals surface area contributed by atoms with E-state index < -0.39 is 6.04 Å². The summed E-state index contributed by atoms with van der Waals surface area (Å²) in [6.45, 7) is 2.65. The highest BCUT2D eigenvalue weighted by Gasteiger charge is 2.20. The summed E-state index contributed by atoms with van der Waals surface area (Å²) in [5, 5.41) is 11.7. The molecule has 0 fully saturated rings. The molecule has 0 aliphatic heterocycles. The fourth-order valence-corrected chi connectivity index (χ4v) is 4.32. The molecular formula is C27H29N5O2S. The maximum atomic E-state index is 13.3. The Labute approximate surface area is 209 Å². The van der Waals surface area contributed by atoms with Gasteiger partial charge in [0.1, 0.15) is 17.6 Å². The van der Waals surface area contributed by atoms with Gasteiger partial charge in [0, 0.05) is 35.3 Å². The van der Waals surface area contributed by atoms with E-state index in [1.165, 1.54) is 4.88 Å². The highest BCUT2D eigenvalue weighted by atomic mass is 32.1. The number of anilines is 3. The van der Waals surface area contributed by atoms with Crippen LogP contribution >= 0.6 is 11.3 Å². The number of hydrogen-bond acceptors (Lipinski definition) is 7. The van der Waals surface area contributed by atoms with E-state index in [1.54, 1.807) is 18.4 Å². The van der Waals surface area contributed by atoms with E-state index in [9.17, 15) is 4.79 Å². The van der Waals surface area contributed by atoms with Crippen LogP contribution in [0.15, 0.2) is 78.2 Å². The number of carbonyl (C=O) groups excluding carboxylic acids is 1. The molecule has 8 heteroatoms. The number of nitrogens with one attached hydrogen (secondary N) is 3. The van der Waals surface area contributed by atoms with E-state index >= 15 is 0 Å². The zero-order chi connectivity index (χ0) is 24.5. The van der Waals surface area contributed by atoms with Crippen molar-refractivity contribution in [3.05, 3.63) is 94.3 Å². The first kappa shape index (κ1) is 24.2. The molecule has 2 aromatic carbocycles. The van der Waals surface area contributed by atoms with Gasteiger partial charge in [-0.15, -0.1) is 11.3 Å². The van der Waals surface area contributed by atoms with Gasteiger partial charge in [0.2, 0.25) is 11.9 Å². The van der Waals surface area contributed by atoms with Gasteiger partial charge in [-0.2, -0.15) is 4.98 Å². The number of aromatic nitrogens is 2. The SMILES string of the molecule is COc1ccc(NC(=O)[C@H](Cc2ccccc2)Nc2cc(C)nc(NCCc3cccs3)n2)cc1. The van der Waals surface area contributed by atoms with Crippen molar-refractivity contribution in [1.29, 1.82) is 0 Å². The lowest BCUT2D eigenvalue weighted by Crippen LogP contribution is -2.37. The van der Waals surface area contributed by atoms with Crippen molar-refractivity contribution >= 4 is 34.7 Å². The molecule has 2 heterocycles. The smallest absolute Gasteiger partial charge is 0.247 e. The zero-order valence-electron chi connectivity index (χ0n) is 19.8. The molecule has 0 bridgehead atoms. The molecule has 0 saturated heterocycles. The van der Waals surface area contributed by atoms with Crippen LogP contribution in [0.25, 0.3) is 0 Å². The molecule has 3 N–H and O–H groups in total. The number of hydrogen-bond donors (Lipinski definition) is 3. The van der Waals surface area contributed by atoms with Crippen LogP contribution < -0.4 is 20.7 Å². The van der Waals surface area contributed by atoms with Gasteiger partial charge in [-0.3, -0.25) is 4.79 Å². The lowest BCUT2D eigenvalue weighted by atomic mass is 10.0. The second-order valence-electron chi connectivity index (χ2n) is 8.08. The van der Waals surface area contributed by atoms with Crippen LogP contribution in [0.3, 0.4) is 0 Å². The third kappa shape index (κ3) is 7.28. The number of amides is 1. The van der Waals surface area contributed by atoms with E-state index in [0.717, 1.165) is 30.0 Å². The molecule has 7 nitrogen and oxygen atoms in total. The van der Waals surface area contributed by atoms with E-state index in [-0.39, 0.29) is 5.91 Å². The van der Waals surface area contributed by atoms with Gasteiger partial charge < -0.3 is 20.7 Å². The molecule has 1 amide bonds. The fourth-order valence-electron chi connectivity index (χ4n) is 3.62. The summed E-state index contributed by atoms with van der Waals surface area (Å²) >= 11 is 1.73. The number of benzene rings is 2. The largest absolute Gasteiger partial charge is 0.497 e. The van der Waals surface area contributed by atoms with E-state index in [2.05, 4.69) is 43.4 Å². The zero-order valence-corrected chi connectivity index (χ0v) is 20.6. The summed E-state index contributed by atoms with van der Waals surface area (Å²) in [5.41, 5.74) is 2.57. The molecule has 0 unspecified atom stereocenters. The number of thiophene rings is 1. The molecule has 1 atom stereocenters. The molecule has 2 aromatic heterocycles. The van der Waals surface area contributed by atoms with Gasteiger partial charge in [0.25, 0.3) is 0 Å². The molecule has 4 rings (SSSR count). The monoisotopic (exact) mass is 487 g/mol. The summed E-state index contributed by atoms with van der Waals surface area (Å²) in [4.78, 5) is 23.7. The molecule has 0 radical (unpaired) electrons. The molecule has 0 spiro atoms. The third-order valence-electron chi connectivity index (χ3n) is 5.37. The predicted molar refractivity (Wildman–Crippen MR) is 142 cm³/mol. The first-order chi connectivity index (χ1) is 17.1. The molecule has 0 aliphatic carbocycles. The van der Waals surface area contributed by atoms with Crippen molar-refractivity contribution in [3.63, 3.8) is 0 Å². The summed E-state index contributed by atoms with van der Waals surface area (Å²) < 4.78 is 5.21.